The van der Waals surface area contributed by atoms with Gasteiger partial charge in [-0.3, -0.25) is 9.59 Å². The fourth-order valence-corrected chi connectivity index (χ4v) is 4.14. The number of fused-ring (bicyclic) bond motifs is 2. The Kier molecular flexibility index (Phi) is 6.24. The first-order valence-corrected chi connectivity index (χ1v) is 9.52. The summed E-state index contributed by atoms with van der Waals surface area (Å²) < 4.78 is 6.07. The average molecular weight is 348 g/mol. The number of carboxylic acid groups (broad SMARTS) is 1. The highest BCUT2D eigenvalue weighted by atomic mass is 16.5. The lowest BCUT2D eigenvalue weighted by Gasteiger charge is -2.26. The van der Waals surface area contributed by atoms with E-state index in [1.54, 1.807) is 5.01 Å². The quantitative estimate of drug-likeness (QED) is 0.415. The van der Waals surface area contributed by atoms with Gasteiger partial charge in [0, 0.05) is 31.5 Å². The molecule has 0 aromatic rings. The maximum atomic E-state index is 11.9. The maximum absolute atomic E-state index is 11.9. The summed E-state index contributed by atoms with van der Waals surface area (Å²) in [6.07, 6.45) is 14.1. The van der Waals surface area contributed by atoms with E-state index in [9.17, 15) is 9.59 Å². The number of ether oxygens (including phenoxy) is 1. The van der Waals surface area contributed by atoms with Gasteiger partial charge in [0.2, 0.25) is 5.91 Å². The van der Waals surface area contributed by atoms with E-state index in [4.69, 9.17) is 9.84 Å². The van der Waals surface area contributed by atoms with E-state index in [1.807, 2.05) is 6.21 Å². The Bertz CT molecular complexity index is 546. The molecule has 1 amide bonds. The lowest BCUT2D eigenvalue weighted by atomic mass is 9.78. The summed E-state index contributed by atoms with van der Waals surface area (Å²) in [6.45, 7) is 0.727. The number of hydrogen-bond donors (Lipinski definition) is 1. The smallest absolute Gasteiger partial charge is 0.303 e. The molecule has 6 nitrogen and oxygen atoms in total. The summed E-state index contributed by atoms with van der Waals surface area (Å²) in [5.41, 5.74) is 0. The van der Waals surface area contributed by atoms with Gasteiger partial charge in [-0.15, -0.1) is 0 Å². The Balaban J connectivity index is 1.51. The number of hydrogen-bond acceptors (Lipinski definition) is 4. The highest BCUT2D eigenvalue weighted by Crippen LogP contribution is 2.44. The highest BCUT2D eigenvalue weighted by molar-refractivity contribution is 5.78. The molecule has 138 valence electrons. The lowest BCUT2D eigenvalue weighted by molar-refractivity contribution is -0.137. The minimum atomic E-state index is -0.738. The number of rotatable bonds is 8. The summed E-state index contributed by atoms with van der Waals surface area (Å²) in [7, 11) is 0. The molecular formula is C19H28N2O4. The normalized spacial score (nSPS) is 32.3. The molecule has 0 saturated carbocycles. The third kappa shape index (κ3) is 4.69. The van der Waals surface area contributed by atoms with E-state index < -0.39 is 5.97 Å². The van der Waals surface area contributed by atoms with Crippen molar-refractivity contribution in [3.8, 4) is 0 Å². The van der Waals surface area contributed by atoms with Crippen LogP contribution in [-0.4, -0.2) is 47.0 Å². The third-order valence-electron chi connectivity index (χ3n) is 5.50. The first kappa shape index (κ1) is 18.1. The number of allylic oxidation sites excluding steroid dienone is 2. The van der Waals surface area contributed by atoms with Gasteiger partial charge < -0.3 is 9.84 Å². The average Bonchev–Trinajstić information content (AvgIpc) is 3.18. The molecule has 3 rings (SSSR count). The molecule has 3 aliphatic heterocycles. The van der Waals surface area contributed by atoms with Crippen LogP contribution in [0.3, 0.4) is 0 Å². The molecule has 0 radical (unpaired) electrons. The highest BCUT2D eigenvalue weighted by Gasteiger charge is 2.47. The molecule has 25 heavy (non-hydrogen) atoms. The zero-order chi connectivity index (χ0) is 17.6. The van der Waals surface area contributed by atoms with Crippen LogP contribution in [0.1, 0.15) is 57.8 Å². The Labute approximate surface area is 148 Å². The second-order valence-corrected chi connectivity index (χ2v) is 7.26. The van der Waals surface area contributed by atoms with Crippen LogP contribution >= 0.6 is 0 Å². The summed E-state index contributed by atoms with van der Waals surface area (Å²) in [4.78, 5) is 22.4. The number of nitrogens with zero attached hydrogens (tertiary/aromatic N) is 2. The molecule has 0 aromatic heterocycles. The van der Waals surface area contributed by atoms with E-state index >= 15 is 0 Å². The minimum Gasteiger partial charge on any atom is -0.481 e. The van der Waals surface area contributed by atoms with Crippen molar-refractivity contribution in [2.24, 2.45) is 16.9 Å². The second-order valence-electron chi connectivity index (χ2n) is 7.26. The van der Waals surface area contributed by atoms with Crippen molar-refractivity contribution in [1.29, 1.82) is 0 Å². The molecule has 3 aliphatic rings. The van der Waals surface area contributed by atoms with E-state index in [0.717, 1.165) is 45.1 Å². The number of carboxylic acids is 1. The van der Waals surface area contributed by atoms with E-state index in [0.29, 0.717) is 24.9 Å². The minimum absolute atomic E-state index is 0.126. The van der Waals surface area contributed by atoms with Crippen LogP contribution in [0.15, 0.2) is 17.3 Å². The SMILES string of the molecule is O=C(O)CCC/C=C\C[C@@H]1[C@@H](C=NN2CCCCC2=O)[C@@H]2CC[C@H]1O2. The van der Waals surface area contributed by atoms with Crippen molar-refractivity contribution in [2.45, 2.75) is 70.0 Å². The monoisotopic (exact) mass is 348 g/mol. The van der Waals surface area contributed by atoms with Gasteiger partial charge in [0.05, 0.1) is 12.2 Å². The van der Waals surface area contributed by atoms with Gasteiger partial charge in [-0.2, -0.15) is 5.10 Å². The van der Waals surface area contributed by atoms with Crippen molar-refractivity contribution >= 4 is 18.1 Å². The van der Waals surface area contributed by atoms with Crippen molar-refractivity contribution in [1.82, 2.24) is 5.01 Å². The number of carbonyl (C=O) groups is 2. The van der Waals surface area contributed by atoms with E-state index in [1.165, 1.54) is 0 Å². The molecular weight excluding hydrogens is 320 g/mol. The van der Waals surface area contributed by atoms with Crippen molar-refractivity contribution < 1.29 is 19.4 Å². The molecule has 6 heteroatoms. The zero-order valence-electron chi connectivity index (χ0n) is 14.7. The molecule has 2 bridgehead atoms. The first-order valence-electron chi connectivity index (χ1n) is 9.52. The van der Waals surface area contributed by atoms with Crippen LogP contribution in [0.25, 0.3) is 0 Å². The zero-order valence-corrected chi connectivity index (χ0v) is 14.7. The predicted molar refractivity (Wildman–Crippen MR) is 94.2 cm³/mol. The Morgan fingerprint density at radius 2 is 2.12 bits per heavy atom. The van der Waals surface area contributed by atoms with Crippen molar-refractivity contribution in [3.05, 3.63) is 12.2 Å². The molecule has 3 fully saturated rings. The van der Waals surface area contributed by atoms with Gasteiger partial charge in [-0.25, -0.2) is 5.01 Å². The van der Waals surface area contributed by atoms with Gasteiger partial charge in [0.1, 0.15) is 0 Å². The number of amides is 1. The maximum Gasteiger partial charge on any atom is 0.303 e. The summed E-state index contributed by atoms with van der Waals surface area (Å²) in [5.74, 6) is 0.0788. The Morgan fingerprint density at radius 1 is 1.28 bits per heavy atom. The van der Waals surface area contributed by atoms with E-state index in [-0.39, 0.29) is 24.3 Å². The van der Waals surface area contributed by atoms with Gasteiger partial charge in [0.15, 0.2) is 0 Å². The molecule has 0 spiro atoms. The molecule has 0 aromatic carbocycles. The topological polar surface area (TPSA) is 79.2 Å². The standard InChI is InChI=1S/C19H28N2O4/c22-18-8-5-6-12-21(18)20-13-15-14(16-10-11-17(15)25-16)7-3-1-2-4-9-19(23)24/h1,3,13-17H,2,4-12H2,(H,23,24)/b3-1-,20-13?/t14-,15-,16-,17+/m1/s1. The van der Waals surface area contributed by atoms with Gasteiger partial charge in [-0.1, -0.05) is 12.2 Å². The fraction of sp³-hybridized carbons (Fsp3) is 0.737. The molecule has 3 saturated heterocycles. The van der Waals surface area contributed by atoms with Crippen LogP contribution < -0.4 is 0 Å². The largest absolute Gasteiger partial charge is 0.481 e. The van der Waals surface area contributed by atoms with Crippen molar-refractivity contribution in [3.63, 3.8) is 0 Å². The Morgan fingerprint density at radius 3 is 2.92 bits per heavy atom. The van der Waals surface area contributed by atoms with Crippen LogP contribution in [0.2, 0.25) is 0 Å². The number of piperidine rings is 1. The van der Waals surface area contributed by atoms with Gasteiger partial charge >= 0.3 is 5.97 Å². The van der Waals surface area contributed by atoms with Gasteiger partial charge in [-0.05, 0) is 50.9 Å². The number of aliphatic carboxylic acids is 1. The van der Waals surface area contributed by atoms with Crippen molar-refractivity contribution in [2.75, 3.05) is 6.54 Å². The predicted octanol–water partition coefficient (Wildman–Crippen LogP) is 2.98. The molecule has 0 unspecified atom stereocenters. The van der Waals surface area contributed by atoms with Crippen LogP contribution in [0.5, 0.6) is 0 Å². The molecule has 3 heterocycles. The number of hydrazone groups is 1. The molecule has 4 atom stereocenters. The van der Waals surface area contributed by atoms with Crippen LogP contribution in [-0.2, 0) is 14.3 Å². The molecule has 0 aliphatic carbocycles. The third-order valence-corrected chi connectivity index (χ3v) is 5.50. The lowest BCUT2D eigenvalue weighted by Crippen LogP contribution is -2.33. The summed E-state index contributed by atoms with van der Waals surface area (Å²) >= 11 is 0. The number of unbranched alkanes of at least 4 members (excludes halogenated alkanes) is 1. The van der Waals surface area contributed by atoms with E-state index in [2.05, 4.69) is 17.3 Å². The van der Waals surface area contributed by atoms with Crippen LogP contribution in [0, 0.1) is 11.8 Å². The van der Waals surface area contributed by atoms with Gasteiger partial charge in [0.25, 0.3) is 0 Å². The summed E-state index contributed by atoms with van der Waals surface area (Å²) in [5, 5.41) is 14.8. The number of carbonyl (C=O) groups excluding carboxylic acids is 1. The Hall–Kier alpha value is -1.69. The second kappa shape index (κ2) is 8.61. The van der Waals surface area contributed by atoms with Crippen LogP contribution in [0.4, 0.5) is 0 Å². The fourth-order valence-electron chi connectivity index (χ4n) is 4.14. The first-order chi connectivity index (χ1) is 12.1. The summed E-state index contributed by atoms with van der Waals surface area (Å²) in [6, 6.07) is 0. The molecule has 1 N–H and O–H groups in total.